The molecule has 0 aliphatic rings. The first-order chi connectivity index (χ1) is 20.3. The van der Waals surface area contributed by atoms with E-state index >= 15 is 0 Å². The third-order valence-corrected chi connectivity index (χ3v) is 6.89. The fourth-order valence-electron chi connectivity index (χ4n) is 3.83. The molecule has 3 unspecified atom stereocenters. The highest BCUT2D eigenvalue weighted by Crippen LogP contribution is 2.10. The maximum Gasteiger partial charge on any atom is 0.326 e. The van der Waals surface area contributed by atoms with Crippen molar-refractivity contribution in [3.8, 4) is 0 Å². The molecule has 0 bridgehead atoms. The summed E-state index contributed by atoms with van der Waals surface area (Å²) in [5.41, 5.74) is 1.15. The third kappa shape index (κ3) is 16.9. The monoisotopic (exact) mass is 720 g/mol. The molecule has 0 aliphatic heterocycles. The molecule has 0 saturated carbocycles. The number of halogens is 1. The lowest BCUT2D eigenvalue weighted by Crippen LogP contribution is -2.51. The van der Waals surface area contributed by atoms with E-state index in [-0.39, 0.29) is 12.3 Å². The van der Waals surface area contributed by atoms with Gasteiger partial charge in [0.2, 0.25) is 11.8 Å². The molecule has 1 aromatic rings. The Morgan fingerprint density at radius 1 is 0.628 bits per heavy atom. The zero-order valence-corrected chi connectivity index (χ0v) is 25.5. The van der Waals surface area contributed by atoms with Crippen LogP contribution in [0.25, 0.3) is 0 Å². The van der Waals surface area contributed by atoms with E-state index in [1.807, 2.05) is 34.9 Å². The molecule has 15 nitrogen and oxygen atoms in total. The van der Waals surface area contributed by atoms with Crippen molar-refractivity contribution in [2.24, 2.45) is 0 Å². The molecular formula is C27H37IN4O11. The molecule has 1 rings (SSSR count). The number of nitrogens with one attached hydrogen (secondary N) is 4. The zero-order valence-electron chi connectivity index (χ0n) is 23.3. The van der Waals surface area contributed by atoms with Crippen LogP contribution in [0.4, 0.5) is 4.79 Å². The molecule has 0 fully saturated rings. The number of rotatable bonds is 21. The van der Waals surface area contributed by atoms with E-state index in [9.17, 15) is 43.8 Å². The number of aliphatic carboxylic acids is 4. The quantitative estimate of drug-likeness (QED) is 0.0665. The Labute approximate surface area is 261 Å². The van der Waals surface area contributed by atoms with Gasteiger partial charge in [-0.05, 0) is 85.2 Å². The summed E-state index contributed by atoms with van der Waals surface area (Å²) in [6.45, 7) is 0.343. The molecule has 16 heteroatoms. The standard InChI is InChI=1S/C27H37IN4O11/c28-17-9-7-16(8-10-17)4-3-6-21(33)29-15-2-1-5-18(24(37)38)30-22(34)13-11-19(25(39)40)31-27(43)32-20(26(41)42)12-14-23(35)36/h7-10,18-20H,1-6,11-15H2,(H,29,33)(H,30,34)(H,35,36)(H,37,38)(H,39,40)(H,41,42)(H2,31,32,43). The van der Waals surface area contributed by atoms with Crippen molar-refractivity contribution in [3.05, 3.63) is 33.4 Å². The first-order valence-corrected chi connectivity index (χ1v) is 14.6. The fraction of sp³-hybridized carbons (Fsp3) is 0.519. The highest BCUT2D eigenvalue weighted by molar-refractivity contribution is 14.1. The van der Waals surface area contributed by atoms with Gasteiger partial charge >= 0.3 is 29.9 Å². The number of unbranched alkanes of at least 4 members (excludes halogenated alkanes) is 1. The van der Waals surface area contributed by atoms with Gasteiger partial charge in [0, 0.05) is 29.4 Å². The molecule has 0 aliphatic carbocycles. The van der Waals surface area contributed by atoms with E-state index in [4.69, 9.17) is 10.2 Å². The number of carboxylic acids is 4. The van der Waals surface area contributed by atoms with Crippen LogP contribution in [0.5, 0.6) is 0 Å². The molecule has 43 heavy (non-hydrogen) atoms. The summed E-state index contributed by atoms with van der Waals surface area (Å²) in [5.74, 6) is -6.49. The number of benzene rings is 1. The molecule has 4 amide bonds. The van der Waals surface area contributed by atoms with Gasteiger partial charge < -0.3 is 41.7 Å². The van der Waals surface area contributed by atoms with Crippen molar-refractivity contribution in [1.29, 1.82) is 0 Å². The molecule has 0 radical (unpaired) electrons. The minimum atomic E-state index is -1.61. The van der Waals surface area contributed by atoms with Crippen LogP contribution in [-0.2, 0) is 35.2 Å². The molecule has 0 spiro atoms. The predicted molar refractivity (Wildman–Crippen MR) is 159 cm³/mol. The maximum atomic E-state index is 12.3. The van der Waals surface area contributed by atoms with Gasteiger partial charge in [0.25, 0.3) is 0 Å². The van der Waals surface area contributed by atoms with Gasteiger partial charge in [-0.3, -0.25) is 14.4 Å². The van der Waals surface area contributed by atoms with Crippen LogP contribution < -0.4 is 21.3 Å². The van der Waals surface area contributed by atoms with Crippen molar-refractivity contribution >= 4 is 64.3 Å². The van der Waals surface area contributed by atoms with Gasteiger partial charge in [-0.1, -0.05) is 12.1 Å². The van der Waals surface area contributed by atoms with Gasteiger partial charge in [-0.25, -0.2) is 19.2 Å². The molecule has 0 heterocycles. The van der Waals surface area contributed by atoms with Gasteiger partial charge in [-0.15, -0.1) is 0 Å². The highest BCUT2D eigenvalue weighted by atomic mass is 127. The Morgan fingerprint density at radius 3 is 1.70 bits per heavy atom. The Balaban J connectivity index is 2.39. The van der Waals surface area contributed by atoms with E-state index in [0.717, 1.165) is 15.6 Å². The SMILES string of the molecule is O=C(O)CCC(NC(=O)NC(CCC(=O)NC(CCCCNC(=O)CCCc1ccc(I)cc1)C(=O)O)C(=O)O)C(=O)O. The van der Waals surface area contributed by atoms with E-state index in [2.05, 4.69) is 33.2 Å². The Hall–Kier alpha value is -3.96. The van der Waals surface area contributed by atoms with Crippen molar-refractivity contribution in [3.63, 3.8) is 0 Å². The highest BCUT2D eigenvalue weighted by Gasteiger charge is 2.26. The number of urea groups is 1. The van der Waals surface area contributed by atoms with Gasteiger partial charge in [-0.2, -0.15) is 0 Å². The van der Waals surface area contributed by atoms with Crippen molar-refractivity contribution in [2.45, 2.75) is 82.3 Å². The number of aryl methyl sites for hydroxylation is 1. The summed E-state index contributed by atoms with van der Waals surface area (Å²) < 4.78 is 1.14. The average molecular weight is 721 g/mol. The number of hydrogen-bond donors (Lipinski definition) is 8. The third-order valence-electron chi connectivity index (χ3n) is 6.17. The molecule has 238 valence electrons. The molecule has 1 aromatic carbocycles. The molecule has 0 aromatic heterocycles. The van der Waals surface area contributed by atoms with E-state index < -0.39 is 79.6 Å². The van der Waals surface area contributed by atoms with Crippen molar-refractivity contribution in [1.82, 2.24) is 21.3 Å². The van der Waals surface area contributed by atoms with Gasteiger partial charge in [0.1, 0.15) is 18.1 Å². The van der Waals surface area contributed by atoms with E-state index in [1.54, 1.807) is 0 Å². The summed E-state index contributed by atoms with van der Waals surface area (Å²) >= 11 is 2.22. The molecule has 0 saturated heterocycles. The molecular weight excluding hydrogens is 683 g/mol. The average Bonchev–Trinajstić information content (AvgIpc) is 2.92. The summed E-state index contributed by atoms with van der Waals surface area (Å²) in [6.07, 6.45) is 0.892. The Bertz CT molecular complexity index is 1130. The van der Waals surface area contributed by atoms with Crippen molar-refractivity contribution < 1.29 is 54.0 Å². The Kier molecular flexibility index (Phi) is 17.3. The van der Waals surface area contributed by atoms with Crippen LogP contribution >= 0.6 is 22.6 Å². The number of carboxylic acid groups (broad SMARTS) is 4. The largest absolute Gasteiger partial charge is 0.481 e. The number of carbonyl (C=O) groups is 7. The molecule has 3 atom stereocenters. The van der Waals surface area contributed by atoms with Crippen LogP contribution in [0.1, 0.15) is 63.4 Å². The maximum absolute atomic E-state index is 12.3. The van der Waals surface area contributed by atoms with Crippen LogP contribution in [-0.4, -0.2) is 86.8 Å². The Morgan fingerprint density at radius 2 is 1.16 bits per heavy atom. The predicted octanol–water partition coefficient (Wildman–Crippen LogP) is 1.32. The normalized spacial score (nSPS) is 12.7. The second-order valence-electron chi connectivity index (χ2n) is 9.65. The summed E-state index contributed by atoms with van der Waals surface area (Å²) in [6, 6.07) is 2.42. The smallest absolute Gasteiger partial charge is 0.326 e. The molecule has 8 N–H and O–H groups in total. The summed E-state index contributed by atoms with van der Waals surface area (Å²) in [7, 11) is 0. The lowest BCUT2D eigenvalue weighted by molar-refractivity contribution is -0.142. The minimum absolute atomic E-state index is 0.0691. The summed E-state index contributed by atoms with van der Waals surface area (Å²) in [5, 5.41) is 45.6. The number of carbonyl (C=O) groups excluding carboxylic acids is 3. The van der Waals surface area contributed by atoms with Crippen LogP contribution in [0, 0.1) is 3.57 Å². The second kappa shape index (κ2) is 20.0. The van der Waals surface area contributed by atoms with Crippen LogP contribution in [0.2, 0.25) is 0 Å². The van der Waals surface area contributed by atoms with Gasteiger partial charge in [0.15, 0.2) is 0 Å². The topological polar surface area (TPSA) is 249 Å². The van der Waals surface area contributed by atoms with Crippen LogP contribution in [0.3, 0.4) is 0 Å². The van der Waals surface area contributed by atoms with Crippen LogP contribution in [0.15, 0.2) is 24.3 Å². The first kappa shape index (κ1) is 37.1. The van der Waals surface area contributed by atoms with E-state index in [0.29, 0.717) is 32.2 Å². The van der Waals surface area contributed by atoms with E-state index in [1.165, 1.54) is 0 Å². The first-order valence-electron chi connectivity index (χ1n) is 13.6. The number of amides is 4. The lowest BCUT2D eigenvalue weighted by Gasteiger charge is -2.19. The zero-order chi connectivity index (χ0) is 32.4. The minimum Gasteiger partial charge on any atom is -0.481 e. The number of hydrogen-bond acceptors (Lipinski definition) is 7. The fourth-order valence-corrected chi connectivity index (χ4v) is 4.19. The lowest BCUT2D eigenvalue weighted by atomic mass is 10.1. The summed E-state index contributed by atoms with van der Waals surface area (Å²) in [4.78, 5) is 81.3. The van der Waals surface area contributed by atoms with Crippen molar-refractivity contribution in [2.75, 3.05) is 6.54 Å². The second-order valence-corrected chi connectivity index (χ2v) is 10.9. The van der Waals surface area contributed by atoms with Gasteiger partial charge in [0.05, 0.1) is 0 Å².